The summed E-state index contributed by atoms with van der Waals surface area (Å²) in [7, 11) is 0. The minimum absolute atomic E-state index is 0.00457. The van der Waals surface area contributed by atoms with Crippen LogP contribution in [0.25, 0.3) is 15.2 Å². The zero-order chi connectivity index (χ0) is 19.0. The summed E-state index contributed by atoms with van der Waals surface area (Å²) in [5.41, 5.74) is 2.20. The number of nitro groups is 1. The van der Waals surface area contributed by atoms with Gasteiger partial charge in [0, 0.05) is 17.8 Å². The fraction of sp³-hybridized carbons (Fsp3) is 0.118. The van der Waals surface area contributed by atoms with E-state index < -0.39 is 4.92 Å². The lowest BCUT2D eigenvalue weighted by Gasteiger charge is -2.07. The van der Waals surface area contributed by atoms with Crippen molar-refractivity contribution in [2.75, 3.05) is 11.1 Å². The molecule has 27 heavy (non-hydrogen) atoms. The summed E-state index contributed by atoms with van der Waals surface area (Å²) in [4.78, 5) is 23.4. The average Bonchev–Trinajstić information content (AvgIpc) is 3.20. The van der Waals surface area contributed by atoms with Gasteiger partial charge in [0.05, 0.1) is 20.9 Å². The summed E-state index contributed by atoms with van der Waals surface area (Å²) >= 11 is 2.84. The largest absolute Gasteiger partial charge is 0.325 e. The summed E-state index contributed by atoms with van der Waals surface area (Å²) in [5.74, 6) is -0.0604. The molecule has 0 atom stereocenters. The van der Waals surface area contributed by atoms with Crippen molar-refractivity contribution >= 4 is 55.6 Å². The number of thiazole rings is 1. The molecule has 0 unspecified atom stereocenters. The molecule has 1 N–H and O–H groups in total. The van der Waals surface area contributed by atoms with Crippen molar-refractivity contribution in [3.63, 3.8) is 0 Å². The normalized spacial score (nSPS) is 11.1. The molecule has 0 radical (unpaired) electrons. The maximum absolute atomic E-state index is 12.3. The number of nitrogens with zero attached hydrogens (tertiary/aromatic N) is 4. The van der Waals surface area contributed by atoms with Crippen LogP contribution in [0, 0.1) is 17.0 Å². The number of non-ortho nitro benzene ring substituents is 1. The monoisotopic (exact) mass is 399 g/mol. The number of carbonyl (C=O) groups excluding carboxylic acids is 1. The Bertz CT molecular complexity index is 1180. The minimum atomic E-state index is -0.462. The minimum Gasteiger partial charge on any atom is -0.325 e. The van der Waals surface area contributed by atoms with Crippen LogP contribution in [-0.4, -0.2) is 31.2 Å². The molecule has 0 aliphatic heterocycles. The third-order valence-electron chi connectivity index (χ3n) is 3.94. The van der Waals surface area contributed by atoms with Crippen LogP contribution in [0.2, 0.25) is 0 Å². The highest BCUT2D eigenvalue weighted by molar-refractivity contribution is 7.99. The van der Waals surface area contributed by atoms with E-state index in [2.05, 4.69) is 15.5 Å². The van der Waals surface area contributed by atoms with Gasteiger partial charge >= 0.3 is 0 Å². The molecule has 4 rings (SSSR count). The molecule has 0 saturated heterocycles. The summed E-state index contributed by atoms with van der Waals surface area (Å²) in [5, 5.41) is 22.6. The first-order valence-corrected chi connectivity index (χ1v) is 9.73. The van der Waals surface area contributed by atoms with Crippen molar-refractivity contribution in [2.45, 2.75) is 12.1 Å². The number of amides is 1. The molecular formula is C17H13N5O3S2. The Hall–Kier alpha value is -2.98. The second-order valence-electron chi connectivity index (χ2n) is 5.76. The van der Waals surface area contributed by atoms with Gasteiger partial charge in [0.15, 0.2) is 5.16 Å². The lowest BCUT2D eigenvalue weighted by molar-refractivity contribution is -0.384. The highest BCUT2D eigenvalue weighted by Crippen LogP contribution is 2.29. The summed E-state index contributed by atoms with van der Waals surface area (Å²) in [6.45, 7) is 1.72. The summed E-state index contributed by atoms with van der Waals surface area (Å²) in [6.07, 6.45) is 0. The van der Waals surface area contributed by atoms with Gasteiger partial charge in [-0.3, -0.25) is 19.3 Å². The zero-order valence-corrected chi connectivity index (χ0v) is 15.7. The Labute approximate surface area is 161 Å². The first-order valence-electron chi connectivity index (χ1n) is 7.93. The molecule has 0 bridgehead atoms. The fourth-order valence-corrected chi connectivity index (χ4v) is 4.43. The van der Waals surface area contributed by atoms with Crippen molar-refractivity contribution in [1.82, 2.24) is 14.6 Å². The van der Waals surface area contributed by atoms with E-state index in [1.807, 2.05) is 28.7 Å². The summed E-state index contributed by atoms with van der Waals surface area (Å²) < 4.78 is 3.05. The topological polar surface area (TPSA) is 102 Å². The lowest BCUT2D eigenvalue weighted by Crippen LogP contribution is -2.15. The van der Waals surface area contributed by atoms with Crippen molar-refractivity contribution in [2.24, 2.45) is 0 Å². The van der Waals surface area contributed by atoms with Gasteiger partial charge in [-0.15, -0.1) is 10.2 Å². The number of anilines is 1. The molecule has 2 aromatic carbocycles. The molecule has 1 amide bonds. The number of aromatic nitrogens is 3. The van der Waals surface area contributed by atoms with E-state index in [0.717, 1.165) is 15.2 Å². The van der Waals surface area contributed by atoms with Crippen LogP contribution in [0.3, 0.4) is 0 Å². The molecule has 0 aliphatic carbocycles. The van der Waals surface area contributed by atoms with E-state index in [1.54, 1.807) is 18.3 Å². The Morgan fingerprint density at radius 3 is 2.89 bits per heavy atom. The van der Waals surface area contributed by atoms with Crippen LogP contribution in [-0.2, 0) is 4.79 Å². The third-order valence-corrected chi connectivity index (χ3v) is 5.88. The fourth-order valence-electron chi connectivity index (χ4n) is 2.67. The SMILES string of the molecule is Cc1cc([N+](=O)[O-])ccc1NC(=O)CSc1nnc2sc3ccccc3n12. The highest BCUT2D eigenvalue weighted by Gasteiger charge is 2.15. The molecule has 0 aliphatic rings. The molecule has 2 aromatic heterocycles. The molecule has 0 saturated carbocycles. The Kier molecular flexibility index (Phi) is 4.50. The van der Waals surface area contributed by atoms with Crippen molar-refractivity contribution in [1.29, 1.82) is 0 Å². The van der Waals surface area contributed by atoms with Gasteiger partial charge < -0.3 is 5.32 Å². The van der Waals surface area contributed by atoms with Gasteiger partial charge in [0.2, 0.25) is 10.9 Å². The van der Waals surface area contributed by atoms with Crippen LogP contribution in [0.15, 0.2) is 47.6 Å². The average molecular weight is 399 g/mol. The number of nitro benzene ring substituents is 1. The predicted molar refractivity (Wildman–Crippen MR) is 106 cm³/mol. The van der Waals surface area contributed by atoms with Crippen LogP contribution in [0.4, 0.5) is 11.4 Å². The first-order chi connectivity index (χ1) is 13.0. The number of nitrogens with one attached hydrogen (secondary N) is 1. The van der Waals surface area contributed by atoms with Gasteiger partial charge in [0.25, 0.3) is 5.69 Å². The Morgan fingerprint density at radius 2 is 2.11 bits per heavy atom. The van der Waals surface area contributed by atoms with Crippen molar-refractivity contribution in [3.8, 4) is 0 Å². The Balaban J connectivity index is 1.48. The smallest absolute Gasteiger partial charge is 0.269 e. The lowest BCUT2D eigenvalue weighted by atomic mass is 10.2. The molecule has 136 valence electrons. The van der Waals surface area contributed by atoms with Gasteiger partial charge in [0.1, 0.15) is 0 Å². The van der Waals surface area contributed by atoms with Gasteiger partial charge in [-0.25, -0.2) is 0 Å². The van der Waals surface area contributed by atoms with E-state index in [4.69, 9.17) is 0 Å². The maximum atomic E-state index is 12.3. The van der Waals surface area contributed by atoms with Crippen LogP contribution < -0.4 is 5.32 Å². The molecule has 4 aromatic rings. The third kappa shape index (κ3) is 3.36. The number of fused-ring (bicyclic) bond motifs is 3. The number of para-hydroxylation sites is 1. The van der Waals surface area contributed by atoms with E-state index in [0.29, 0.717) is 16.4 Å². The number of carbonyl (C=O) groups is 1. The predicted octanol–water partition coefficient (Wildman–Crippen LogP) is 3.89. The van der Waals surface area contributed by atoms with Gasteiger partial charge in [-0.1, -0.05) is 35.2 Å². The summed E-state index contributed by atoms with van der Waals surface area (Å²) in [6, 6.07) is 12.3. The first kappa shape index (κ1) is 17.4. The second kappa shape index (κ2) is 6.97. The maximum Gasteiger partial charge on any atom is 0.269 e. The number of hydrogen-bond acceptors (Lipinski definition) is 7. The van der Waals surface area contributed by atoms with Gasteiger partial charge in [-0.2, -0.15) is 0 Å². The number of hydrogen-bond donors (Lipinski definition) is 1. The van der Waals surface area contributed by atoms with E-state index in [-0.39, 0.29) is 17.3 Å². The quantitative estimate of drug-likeness (QED) is 0.310. The number of benzene rings is 2. The van der Waals surface area contributed by atoms with Crippen molar-refractivity contribution < 1.29 is 9.72 Å². The number of thioether (sulfide) groups is 1. The van der Waals surface area contributed by atoms with E-state index in [1.165, 1.54) is 30.0 Å². The molecule has 0 spiro atoms. The zero-order valence-electron chi connectivity index (χ0n) is 14.1. The van der Waals surface area contributed by atoms with Crippen LogP contribution >= 0.6 is 23.1 Å². The second-order valence-corrected chi connectivity index (χ2v) is 7.72. The molecule has 10 heteroatoms. The van der Waals surface area contributed by atoms with Crippen molar-refractivity contribution in [3.05, 3.63) is 58.1 Å². The number of rotatable bonds is 5. The van der Waals surface area contributed by atoms with Crippen LogP contribution in [0.5, 0.6) is 0 Å². The van der Waals surface area contributed by atoms with Gasteiger partial charge in [-0.05, 0) is 30.7 Å². The highest BCUT2D eigenvalue weighted by atomic mass is 32.2. The molecule has 2 heterocycles. The molecule has 0 fully saturated rings. The standard InChI is InChI=1S/C17H13N5O3S2/c1-10-8-11(22(24)25)6-7-12(10)18-15(23)9-26-16-19-20-17-21(16)13-4-2-3-5-14(13)27-17/h2-8H,9H2,1H3,(H,18,23). The van der Waals surface area contributed by atoms with Crippen LogP contribution in [0.1, 0.15) is 5.56 Å². The molecular weight excluding hydrogens is 386 g/mol. The molecule has 8 nitrogen and oxygen atoms in total. The number of aryl methyl sites for hydroxylation is 1. The van der Waals surface area contributed by atoms with E-state index in [9.17, 15) is 14.9 Å². The Morgan fingerprint density at radius 1 is 1.30 bits per heavy atom. The van der Waals surface area contributed by atoms with E-state index >= 15 is 0 Å².